The number of nitrogens with two attached hydrogens (primary N) is 4. The Kier molecular flexibility index (Phi) is 2.49. The molecule has 4 nitrogen and oxygen atoms in total. The van der Waals surface area contributed by atoms with Crippen LogP contribution in [0, 0.1) is 5.92 Å². The lowest BCUT2D eigenvalue weighted by Crippen LogP contribution is -2.56. The summed E-state index contributed by atoms with van der Waals surface area (Å²) < 4.78 is 0. The predicted octanol–water partition coefficient (Wildman–Crippen LogP) is -0.966. The van der Waals surface area contributed by atoms with Gasteiger partial charge in [-0.2, -0.15) is 0 Å². The van der Waals surface area contributed by atoms with Crippen LogP contribution in [0.2, 0.25) is 0 Å². The van der Waals surface area contributed by atoms with E-state index >= 15 is 0 Å². The van der Waals surface area contributed by atoms with Crippen LogP contribution in [-0.4, -0.2) is 11.8 Å². The third kappa shape index (κ3) is 2.41. The zero-order chi connectivity index (χ0) is 8.48. The molecule has 1 unspecified atom stereocenters. The van der Waals surface area contributed by atoms with Crippen molar-refractivity contribution in [2.24, 2.45) is 28.9 Å². The van der Waals surface area contributed by atoms with E-state index in [1.54, 1.807) is 0 Å². The van der Waals surface area contributed by atoms with Crippen molar-refractivity contribution in [3.63, 3.8) is 0 Å². The summed E-state index contributed by atoms with van der Waals surface area (Å²) in [6, 6.07) is 0. The van der Waals surface area contributed by atoms with Crippen molar-refractivity contribution in [2.45, 2.75) is 37.5 Å². The lowest BCUT2D eigenvalue weighted by molar-refractivity contribution is 0.206. The van der Waals surface area contributed by atoms with E-state index in [0.717, 1.165) is 25.7 Å². The van der Waals surface area contributed by atoms with Crippen LogP contribution >= 0.6 is 0 Å². The zero-order valence-electron chi connectivity index (χ0n) is 6.79. The molecule has 0 aliphatic heterocycles. The van der Waals surface area contributed by atoms with Crippen LogP contribution in [0.3, 0.4) is 0 Å². The highest BCUT2D eigenvalue weighted by molar-refractivity contribution is 4.87. The van der Waals surface area contributed by atoms with E-state index in [1.807, 2.05) is 0 Å². The topological polar surface area (TPSA) is 104 Å². The molecule has 8 N–H and O–H groups in total. The lowest BCUT2D eigenvalue weighted by Gasteiger charge is -2.36. The SMILES string of the molecule is NC(N)C1CCCC(N)(N)C1. The number of rotatable bonds is 1. The Bertz CT molecular complexity index is 132. The van der Waals surface area contributed by atoms with Crippen LogP contribution in [0.5, 0.6) is 0 Å². The molecule has 0 radical (unpaired) electrons. The van der Waals surface area contributed by atoms with E-state index in [2.05, 4.69) is 0 Å². The fourth-order valence-corrected chi connectivity index (χ4v) is 1.71. The molecule has 0 aromatic heterocycles. The van der Waals surface area contributed by atoms with Gasteiger partial charge in [0.05, 0.1) is 11.8 Å². The van der Waals surface area contributed by atoms with Gasteiger partial charge >= 0.3 is 0 Å². The smallest absolute Gasteiger partial charge is 0.0640 e. The van der Waals surface area contributed by atoms with Gasteiger partial charge in [0.2, 0.25) is 0 Å². The quantitative estimate of drug-likeness (QED) is 0.369. The maximum Gasteiger partial charge on any atom is 0.0640 e. The van der Waals surface area contributed by atoms with Crippen molar-refractivity contribution in [1.82, 2.24) is 0 Å². The van der Waals surface area contributed by atoms with Gasteiger partial charge in [-0.05, 0) is 31.6 Å². The maximum atomic E-state index is 5.77. The first-order chi connectivity index (χ1) is 5.01. The number of hydrogen-bond donors (Lipinski definition) is 4. The van der Waals surface area contributed by atoms with E-state index in [0.29, 0.717) is 5.92 Å². The van der Waals surface area contributed by atoms with Crippen LogP contribution in [-0.2, 0) is 0 Å². The van der Waals surface area contributed by atoms with Crippen molar-refractivity contribution >= 4 is 0 Å². The summed E-state index contributed by atoms with van der Waals surface area (Å²) in [7, 11) is 0. The van der Waals surface area contributed by atoms with Crippen molar-refractivity contribution < 1.29 is 0 Å². The Labute approximate surface area is 67.3 Å². The van der Waals surface area contributed by atoms with Crippen molar-refractivity contribution in [3.8, 4) is 0 Å². The van der Waals surface area contributed by atoms with Crippen LogP contribution < -0.4 is 22.9 Å². The molecule has 1 aliphatic rings. The van der Waals surface area contributed by atoms with E-state index < -0.39 is 5.66 Å². The van der Waals surface area contributed by atoms with E-state index in [1.165, 1.54) is 0 Å². The standard InChI is InChI=1S/C7H18N4/c8-6(9)5-2-1-3-7(10,11)4-5/h5-6H,1-4,8-11H2. The Hall–Kier alpha value is -0.160. The van der Waals surface area contributed by atoms with Crippen molar-refractivity contribution in [2.75, 3.05) is 0 Å². The first-order valence-corrected chi connectivity index (χ1v) is 4.10. The molecule has 0 spiro atoms. The minimum absolute atomic E-state index is 0.262. The minimum atomic E-state index is -0.528. The fourth-order valence-electron chi connectivity index (χ4n) is 1.71. The highest BCUT2D eigenvalue weighted by Crippen LogP contribution is 2.27. The molecular weight excluding hydrogens is 140 g/mol. The van der Waals surface area contributed by atoms with Gasteiger partial charge in [-0.3, -0.25) is 0 Å². The fraction of sp³-hybridized carbons (Fsp3) is 1.00. The average Bonchev–Trinajstić information content (AvgIpc) is 1.85. The first kappa shape index (κ1) is 8.93. The van der Waals surface area contributed by atoms with Gasteiger partial charge in [0.15, 0.2) is 0 Å². The molecule has 4 heteroatoms. The third-order valence-electron chi connectivity index (χ3n) is 2.40. The second-order valence-corrected chi connectivity index (χ2v) is 3.67. The molecule has 0 aromatic carbocycles. The second-order valence-electron chi connectivity index (χ2n) is 3.67. The molecule has 0 saturated heterocycles. The van der Waals surface area contributed by atoms with Crippen LogP contribution in [0.25, 0.3) is 0 Å². The monoisotopic (exact) mass is 158 g/mol. The van der Waals surface area contributed by atoms with Gasteiger partial charge in [0, 0.05) is 0 Å². The molecule has 66 valence electrons. The Morgan fingerprint density at radius 1 is 1.27 bits per heavy atom. The summed E-state index contributed by atoms with van der Waals surface area (Å²) in [5.74, 6) is 0.304. The second kappa shape index (κ2) is 3.06. The van der Waals surface area contributed by atoms with Crippen LogP contribution in [0.4, 0.5) is 0 Å². The molecule has 0 aromatic rings. The molecule has 1 saturated carbocycles. The first-order valence-electron chi connectivity index (χ1n) is 4.10. The molecule has 1 rings (SSSR count). The summed E-state index contributed by atoms with van der Waals surface area (Å²) in [6.07, 6.45) is 3.49. The molecule has 11 heavy (non-hydrogen) atoms. The molecule has 0 amide bonds. The number of hydrogen-bond acceptors (Lipinski definition) is 4. The zero-order valence-corrected chi connectivity index (χ0v) is 6.79. The Balaban J connectivity index is 2.46. The average molecular weight is 158 g/mol. The molecule has 0 heterocycles. The van der Waals surface area contributed by atoms with E-state index in [4.69, 9.17) is 22.9 Å². The maximum absolute atomic E-state index is 5.77. The molecular formula is C7H18N4. The lowest BCUT2D eigenvalue weighted by atomic mass is 9.81. The van der Waals surface area contributed by atoms with Crippen molar-refractivity contribution in [3.05, 3.63) is 0 Å². The third-order valence-corrected chi connectivity index (χ3v) is 2.40. The summed E-state index contributed by atoms with van der Waals surface area (Å²) in [4.78, 5) is 0. The summed E-state index contributed by atoms with van der Waals surface area (Å²) in [6.45, 7) is 0. The molecule has 0 bridgehead atoms. The highest BCUT2D eigenvalue weighted by Gasteiger charge is 2.30. The summed E-state index contributed by atoms with van der Waals surface area (Å²) in [5.41, 5.74) is 22.1. The van der Waals surface area contributed by atoms with E-state index in [9.17, 15) is 0 Å². The molecule has 1 atom stereocenters. The van der Waals surface area contributed by atoms with Gasteiger partial charge in [0.25, 0.3) is 0 Å². The predicted molar refractivity (Wildman–Crippen MR) is 45.2 cm³/mol. The van der Waals surface area contributed by atoms with Gasteiger partial charge < -0.3 is 22.9 Å². The van der Waals surface area contributed by atoms with Crippen LogP contribution in [0.1, 0.15) is 25.7 Å². The minimum Gasteiger partial charge on any atom is -0.316 e. The van der Waals surface area contributed by atoms with E-state index in [-0.39, 0.29) is 6.17 Å². The van der Waals surface area contributed by atoms with Gasteiger partial charge in [0.1, 0.15) is 0 Å². The van der Waals surface area contributed by atoms with Crippen molar-refractivity contribution in [1.29, 1.82) is 0 Å². The van der Waals surface area contributed by atoms with Gasteiger partial charge in [-0.25, -0.2) is 0 Å². The van der Waals surface area contributed by atoms with Gasteiger partial charge in [-0.15, -0.1) is 0 Å². The summed E-state index contributed by atoms with van der Waals surface area (Å²) >= 11 is 0. The van der Waals surface area contributed by atoms with Crippen LogP contribution in [0.15, 0.2) is 0 Å². The Morgan fingerprint density at radius 3 is 2.27 bits per heavy atom. The highest BCUT2D eigenvalue weighted by atomic mass is 15.0. The normalized spacial score (nSPS) is 30.8. The molecule has 1 aliphatic carbocycles. The largest absolute Gasteiger partial charge is 0.316 e. The summed E-state index contributed by atoms with van der Waals surface area (Å²) in [5, 5.41) is 0. The van der Waals surface area contributed by atoms with Gasteiger partial charge in [-0.1, -0.05) is 0 Å². The Morgan fingerprint density at radius 2 is 1.91 bits per heavy atom. The molecule has 1 fully saturated rings.